The van der Waals surface area contributed by atoms with Crippen molar-refractivity contribution < 1.29 is 22.7 Å². The molecule has 0 atom stereocenters. The van der Waals surface area contributed by atoms with Crippen molar-refractivity contribution in [3.05, 3.63) is 27.5 Å². The van der Waals surface area contributed by atoms with Gasteiger partial charge in [-0.25, -0.2) is 8.42 Å². The van der Waals surface area contributed by atoms with E-state index in [1.54, 1.807) is 4.90 Å². The van der Waals surface area contributed by atoms with E-state index in [-0.39, 0.29) is 0 Å². The SMILES string of the molecule is CCOCCn1c(=NC(=O)CS(=O)(=O)CC(=O)N2CCCCCC2)sc2cc(Br)ccc21. The zero-order chi connectivity index (χ0) is 23.1. The summed E-state index contributed by atoms with van der Waals surface area (Å²) in [4.78, 5) is 31.1. The number of aromatic nitrogens is 1. The molecule has 0 bridgehead atoms. The number of ether oxygens (including phenoxy) is 1. The van der Waals surface area contributed by atoms with Gasteiger partial charge in [0.2, 0.25) is 5.91 Å². The van der Waals surface area contributed by atoms with Crippen LogP contribution in [0, 0.1) is 0 Å². The number of sulfone groups is 1. The number of rotatable bonds is 8. The number of hydrogen-bond donors (Lipinski definition) is 0. The van der Waals surface area contributed by atoms with Crippen LogP contribution in [0.15, 0.2) is 27.7 Å². The summed E-state index contributed by atoms with van der Waals surface area (Å²) in [6, 6.07) is 5.75. The van der Waals surface area contributed by atoms with Gasteiger partial charge in [0.1, 0.15) is 11.5 Å². The molecule has 176 valence electrons. The fourth-order valence-electron chi connectivity index (χ4n) is 3.63. The Hall–Kier alpha value is -1.56. The number of likely N-dealkylation sites (tertiary alicyclic amines) is 1. The third-order valence-electron chi connectivity index (χ3n) is 5.17. The molecule has 1 saturated heterocycles. The van der Waals surface area contributed by atoms with Crippen molar-refractivity contribution in [2.45, 2.75) is 39.2 Å². The van der Waals surface area contributed by atoms with Crippen molar-refractivity contribution in [1.29, 1.82) is 0 Å². The van der Waals surface area contributed by atoms with Gasteiger partial charge < -0.3 is 14.2 Å². The molecule has 1 aliphatic heterocycles. The summed E-state index contributed by atoms with van der Waals surface area (Å²) >= 11 is 4.75. The van der Waals surface area contributed by atoms with Gasteiger partial charge in [-0.2, -0.15) is 4.99 Å². The number of halogens is 1. The van der Waals surface area contributed by atoms with E-state index >= 15 is 0 Å². The number of benzene rings is 1. The maximum absolute atomic E-state index is 12.5. The number of fused-ring (bicyclic) bond motifs is 1. The molecule has 0 saturated carbocycles. The zero-order valence-corrected chi connectivity index (χ0v) is 21.3. The first-order valence-electron chi connectivity index (χ1n) is 10.7. The average Bonchev–Trinajstić information content (AvgIpc) is 2.89. The largest absolute Gasteiger partial charge is 0.380 e. The highest BCUT2D eigenvalue weighted by atomic mass is 79.9. The highest BCUT2D eigenvalue weighted by Gasteiger charge is 2.25. The number of carbonyl (C=O) groups is 2. The Morgan fingerprint density at radius 3 is 2.56 bits per heavy atom. The van der Waals surface area contributed by atoms with Gasteiger partial charge >= 0.3 is 0 Å². The van der Waals surface area contributed by atoms with Gasteiger partial charge in [0.25, 0.3) is 5.91 Å². The molecule has 8 nitrogen and oxygen atoms in total. The molecule has 1 aromatic heterocycles. The van der Waals surface area contributed by atoms with Gasteiger partial charge in [-0.1, -0.05) is 40.1 Å². The molecular weight excluding hydrogens is 518 g/mol. The fraction of sp³-hybridized carbons (Fsp3) is 0.571. The van der Waals surface area contributed by atoms with E-state index in [2.05, 4.69) is 20.9 Å². The Kier molecular flexibility index (Phi) is 9.04. The minimum absolute atomic E-state index is 0.414. The molecule has 0 N–H and O–H groups in total. The highest BCUT2D eigenvalue weighted by Crippen LogP contribution is 2.22. The summed E-state index contributed by atoms with van der Waals surface area (Å²) in [5.41, 5.74) is 0.892. The van der Waals surface area contributed by atoms with Crippen LogP contribution < -0.4 is 4.80 Å². The molecule has 0 unspecified atom stereocenters. The normalized spacial score (nSPS) is 15.8. The van der Waals surface area contributed by atoms with Crippen molar-refractivity contribution in [2.24, 2.45) is 4.99 Å². The van der Waals surface area contributed by atoms with E-state index < -0.39 is 33.2 Å². The van der Waals surface area contributed by atoms with Crippen LogP contribution in [0.2, 0.25) is 0 Å². The van der Waals surface area contributed by atoms with E-state index in [1.807, 2.05) is 29.7 Å². The lowest BCUT2D eigenvalue weighted by Crippen LogP contribution is -2.37. The summed E-state index contributed by atoms with van der Waals surface area (Å²) < 4.78 is 34.2. The second-order valence-corrected chi connectivity index (χ2v) is 11.7. The summed E-state index contributed by atoms with van der Waals surface area (Å²) in [5, 5.41) is 0. The van der Waals surface area contributed by atoms with Crippen LogP contribution in [0.3, 0.4) is 0 Å². The van der Waals surface area contributed by atoms with Crippen molar-refractivity contribution in [3.63, 3.8) is 0 Å². The Bertz CT molecular complexity index is 1130. The molecule has 2 heterocycles. The first kappa shape index (κ1) is 25.1. The molecule has 11 heteroatoms. The van der Waals surface area contributed by atoms with Crippen LogP contribution in [-0.4, -0.2) is 67.5 Å². The van der Waals surface area contributed by atoms with Gasteiger partial charge in [0.05, 0.1) is 16.8 Å². The maximum atomic E-state index is 12.5. The van der Waals surface area contributed by atoms with Crippen molar-refractivity contribution >= 4 is 59.1 Å². The molecule has 0 aliphatic carbocycles. The van der Waals surface area contributed by atoms with Crippen molar-refractivity contribution in [3.8, 4) is 0 Å². The maximum Gasteiger partial charge on any atom is 0.263 e. The van der Waals surface area contributed by atoms with Crippen LogP contribution in [-0.2, 0) is 30.7 Å². The van der Waals surface area contributed by atoms with E-state index in [1.165, 1.54) is 11.3 Å². The monoisotopic (exact) mass is 545 g/mol. The van der Waals surface area contributed by atoms with E-state index in [0.717, 1.165) is 40.4 Å². The second kappa shape index (κ2) is 11.5. The Labute approximate surface area is 200 Å². The molecule has 1 aromatic carbocycles. The Morgan fingerprint density at radius 1 is 1.16 bits per heavy atom. The average molecular weight is 547 g/mol. The lowest BCUT2D eigenvalue weighted by molar-refractivity contribution is -0.128. The van der Waals surface area contributed by atoms with Crippen LogP contribution >= 0.6 is 27.3 Å². The third kappa shape index (κ3) is 6.97. The quantitative estimate of drug-likeness (QED) is 0.475. The van der Waals surface area contributed by atoms with Crippen molar-refractivity contribution in [2.75, 3.05) is 37.8 Å². The van der Waals surface area contributed by atoms with Gasteiger partial charge in [0.15, 0.2) is 14.6 Å². The molecule has 1 fully saturated rings. The molecule has 3 rings (SSSR count). The summed E-state index contributed by atoms with van der Waals surface area (Å²) in [6.45, 7) is 4.56. The standard InChI is InChI=1S/C21H28BrN3O5S2/c1-2-30-12-11-25-17-8-7-16(22)13-18(17)31-21(25)23-19(26)14-32(28,29)15-20(27)24-9-5-3-4-6-10-24/h7-8,13H,2-6,9-12,14-15H2,1H3. The zero-order valence-electron chi connectivity index (χ0n) is 18.1. The number of thiazole rings is 1. The smallest absolute Gasteiger partial charge is 0.263 e. The summed E-state index contributed by atoms with van der Waals surface area (Å²) in [6.07, 6.45) is 3.85. The first-order chi connectivity index (χ1) is 15.3. The second-order valence-electron chi connectivity index (χ2n) is 7.68. The van der Waals surface area contributed by atoms with Crippen LogP contribution in [0.1, 0.15) is 32.6 Å². The summed E-state index contributed by atoms with van der Waals surface area (Å²) in [7, 11) is -3.90. The molecule has 0 radical (unpaired) electrons. The number of hydrogen-bond acceptors (Lipinski definition) is 6. The predicted molar refractivity (Wildman–Crippen MR) is 128 cm³/mol. The molecular formula is C21H28BrN3O5S2. The topological polar surface area (TPSA) is 98.0 Å². The van der Waals surface area contributed by atoms with Gasteiger partial charge in [-0.15, -0.1) is 0 Å². The Balaban J connectivity index is 1.77. The number of carbonyl (C=O) groups excluding carboxylic acids is 2. The van der Waals surface area contributed by atoms with Crippen molar-refractivity contribution in [1.82, 2.24) is 9.47 Å². The van der Waals surface area contributed by atoms with Gasteiger partial charge in [0, 0.05) is 30.7 Å². The number of nitrogens with zero attached hydrogens (tertiary/aromatic N) is 3. The van der Waals surface area contributed by atoms with Crippen LogP contribution in [0.4, 0.5) is 0 Å². The number of amides is 2. The van der Waals surface area contributed by atoms with E-state index in [4.69, 9.17) is 4.74 Å². The highest BCUT2D eigenvalue weighted by molar-refractivity contribution is 9.10. The molecule has 32 heavy (non-hydrogen) atoms. The van der Waals surface area contributed by atoms with E-state index in [9.17, 15) is 18.0 Å². The molecule has 1 aliphatic rings. The lowest BCUT2D eigenvalue weighted by atomic mass is 10.2. The predicted octanol–water partition coefficient (Wildman–Crippen LogP) is 2.75. The summed E-state index contributed by atoms with van der Waals surface area (Å²) in [5.74, 6) is -2.64. The van der Waals surface area contributed by atoms with Crippen LogP contribution in [0.25, 0.3) is 10.2 Å². The molecule has 2 aromatic rings. The Morgan fingerprint density at radius 2 is 1.88 bits per heavy atom. The van der Waals surface area contributed by atoms with E-state index in [0.29, 0.717) is 37.6 Å². The molecule has 2 amide bonds. The third-order valence-corrected chi connectivity index (χ3v) is 8.08. The minimum Gasteiger partial charge on any atom is -0.380 e. The van der Waals surface area contributed by atoms with Gasteiger partial charge in [-0.3, -0.25) is 9.59 Å². The first-order valence-corrected chi connectivity index (χ1v) is 14.1. The fourth-order valence-corrected chi connectivity index (χ4v) is 6.35. The minimum atomic E-state index is -3.90. The molecule has 0 spiro atoms. The van der Waals surface area contributed by atoms with Crippen LogP contribution in [0.5, 0.6) is 0 Å². The lowest BCUT2D eigenvalue weighted by Gasteiger charge is -2.19. The van der Waals surface area contributed by atoms with Gasteiger partial charge in [-0.05, 0) is 38.0 Å².